The number of nitrogens with one attached hydrogen (secondary N) is 2. The summed E-state index contributed by atoms with van der Waals surface area (Å²) in [5, 5.41) is 6.23. The number of para-hydroxylation sites is 1. The Hall–Kier alpha value is -0.930. The van der Waals surface area contributed by atoms with Crippen molar-refractivity contribution in [3.63, 3.8) is 0 Å². The van der Waals surface area contributed by atoms with Crippen molar-refractivity contribution in [1.82, 2.24) is 10.3 Å². The van der Waals surface area contributed by atoms with Gasteiger partial charge in [0.05, 0.1) is 0 Å². The smallest absolute Gasteiger partial charge is 0.0478 e. The van der Waals surface area contributed by atoms with Crippen molar-refractivity contribution >= 4 is 22.7 Å². The molecule has 2 aliphatic carbocycles. The predicted molar refractivity (Wildman–Crippen MR) is 92.1 cm³/mol. The van der Waals surface area contributed by atoms with E-state index in [1.807, 2.05) is 11.8 Å². The highest BCUT2D eigenvalue weighted by Crippen LogP contribution is 2.37. The van der Waals surface area contributed by atoms with Gasteiger partial charge in [-0.1, -0.05) is 24.6 Å². The summed E-state index contributed by atoms with van der Waals surface area (Å²) in [5.41, 5.74) is 4.34. The summed E-state index contributed by atoms with van der Waals surface area (Å²) < 4.78 is 0. The fourth-order valence-electron chi connectivity index (χ4n) is 4.24. The van der Waals surface area contributed by atoms with E-state index in [1.165, 1.54) is 55.1 Å². The standard InChI is InChI=1S/C18H24N2S/c1-21-17-11-5-9-15(17)19-16-10-4-7-13-12-6-2-3-8-14(12)20-18(13)16/h2-3,6,8,15-17,19-20H,4-5,7,9-11H2,1H3. The Morgan fingerprint density at radius 3 is 2.95 bits per heavy atom. The fourth-order valence-corrected chi connectivity index (χ4v) is 5.18. The molecule has 21 heavy (non-hydrogen) atoms. The number of benzene rings is 1. The van der Waals surface area contributed by atoms with E-state index >= 15 is 0 Å². The molecule has 1 fully saturated rings. The number of aromatic nitrogens is 1. The molecule has 0 saturated heterocycles. The van der Waals surface area contributed by atoms with E-state index in [-0.39, 0.29) is 0 Å². The molecular weight excluding hydrogens is 276 g/mol. The lowest BCUT2D eigenvalue weighted by atomic mass is 9.91. The average molecular weight is 300 g/mol. The zero-order valence-electron chi connectivity index (χ0n) is 12.7. The summed E-state index contributed by atoms with van der Waals surface area (Å²) in [6.45, 7) is 0. The van der Waals surface area contributed by atoms with Crippen LogP contribution in [-0.4, -0.2) is 22.5 Å². The average Bonchev–Trinajstić information content (AvgIpc) is 3.12. The van der Waals surface area contributed by atoms with E-state index in [4.69, 9.17) is 0 Å². The maximum Gasteiger partial charge on any atom is 0.0478 e. The van der Waals surface area contributed by atoms with Crippen LogP contribution in [0.25, 0.3) is 10.9 Å². The third-order valence-electron chi connectivity index (χ3n) is 5.29. The Bertz CT molecular complexity index is 633. The lowest BCUT2D eigenvalue weighted by Gasteiger charge is -2.29. The van der Waals surface area contributed by atoms with Crippen LogP contribution in [0.2, 0.25) is 0 Å². The molecule has 0 aliphatic heterocycles. The molecule has 1 heterocycles. The van der Waals surface area contributed by atoms with Crippen molar-refractivity contribution in [3.8, 4) is 0 Å². The Labute approximate surface area is 131 Å². The first-order valence-electron chi connectivity index (χ1n) is 8.25. The van der Waals surface area contributed by atoms with Gasteiger partial charge in [0.1, 0.15) is 0 Å². The first-order valence-corrected chi connectivity index (χ1v) is 9.54. The van der Waals surface area contributed by atoms with Gasteiger partial charge >= 0.3 is 0 Å². The number of fused-ring (bicyclic) bond motifs is 3. The minimum Gasteiger partial charge on any atom is -0.357 e. The van der Waals surface area contributed by atoms with Gasteiger partial charge in [0.15, 0.2) is 0 Å². The summed E-state index contributed by atoms with van der Waals surface area (Å²) >= 11 is 2.04. The third kappa shape index (κ3) is 2.40. The number of hydrogen-bond donors (Lipinski definition) is 2. The number of rotatable bonds is 3. The van der Waals surface area contributed by atoms with Crippen molar-refractivity contribution in [2.75, 3.05) is 6.26 Å². The van der Waals surface area contributed by atoms with Crippen LogP contribution in [0, 0.1) is 0 Å². The summed E-state index contributed by atoms with van der Waals surface area (Å²) in [4.78, 5) is 3.70. The van der Waals surface area contributed by atoms with Gasteiger partial charge in [-0.05, 0) is 50.0 Å². The first-order chi connectivity index (χ1) is 10.4. The van der Waals surface area contributed by atoms with Gasteiger partial charge in [-0.2, -0.15) is 11.8 Å². The molecule has 2 nitrogen and oxygen atoms in total. The van der Waals surface area contributed by atoms with E-state index in [0.29, 0.717) is 12.1 Å². The van der Waals surface area contributed by atoms with Crippen LogP contribution >= 0.6 is 11.8 Å². The molecule has 1 aromatic heterocycles. The van der Waals surface area contributed by atoms with Crippen LogP contribution in [0.1, 0.15) is 49.4 Å². The van der Waals surface area contributed by atoms with Gasteiger partial charge in [0.25, 0.3) is 0 Å². The second-order valence-corrected chi connectivity index (χ2v) is 7.56. The van der Waals surface area contributed by atoms with Gasteiger partial charge in [-0.3, -0.25) is 0 Å². The number of aromatic amines is 1. The quantitative estimate of drug-likeness (QED) is 0.878. The molecule has 0 amide bonds. The van der Waals surface area contributed by atoms with Crippen LogP contribution in [-0.2, 0) is 6.42 Å². The highest BCUT2D eigenvalue weighted by atomic mass is 32.2. The highest BCUT2D eigenvalue weighted by Gasteiger charge is 2.31. The lowest BCUT2D eigenvalue weighted by molar-refractivity contribution is 0.396. The second kappa shape index (κ2) is 5.69. The van der Waals surface area contributed by atoms with Crippen LogP contribution in [0.5, 0.6) is 0 Å². The number of thioether (sulfide) groups is 1. The topological polar surface area (TPSA) is 27.8 Å². The largest absolute Gasteiger partial charge is 0.357 e. The summed E-state index contributed by atoms with van der Waals surface area (Å²) in [6.07, 6.45) is 10.2. The van der Waals surface area contributed by atoms with Gasteiger partial charge in [-0.15, -0.1) is 0 Å². The zero-order valence-corrected chi connectivity index (χ0v) is 13.5. The molecule has 2 aromatic rings. The summed E-state index contributed by atoms with van der Waals surface area (Å²) in [5.74, 6) is 0. The van der Waals surface area contributed by atoms with E-state index in [2.05, 4.69) is 40.8 Å². The second-order valence-electron chi connectivity index (χ2n) is 6.49. The van der Waals surface area contributed by atoms with Crippen molar-refractivity contribution in [2.24, 2.45) is 0 Å². The molecule has 3 unspecified atom stereocenters. The van der Waals surface area contributed by atoms with Gasteiger partial charge in [0, 0.05) is 33.9 Å². The molecule has 1 saturated carbocycles. The van der Waals surface area contributed by atoms with E-state index in [0.717, 1.165) is 5.25 Å². The minimum atomic E-state index is 0.527. The maximum atomic E-state index is 3.98. The van der Waals surface area contributed by atoms with E-state index in [9.17, 15) is 0 Å². The van der Waals surface area contributed by atoms with Crippen LogP contribution < -0.4 is 5.32 Å². The Morgan fingerprint density at radius 2 is 2.05 bits per heavy atom. The monoisotopic (exact) mass is 300 g/mol. The van der Waals surface area contributed by atoms with Gasteiger partial charge in [0.2, 0.25) is 0 Å². The van der Waals surface area contributed by atoms with Crippen molar-refractivity contribution in [2.45, 2.75) is 55.9 Å². The lowest BCUT2D eigenvalue weighted by Crippen LogP contribution is -2.38. The van der Waals surface area contributed by atoms with Gasteiger partial charge < -0.3 is 10.3 Å². The first kappa shape index (κ1) is 13.7. The Kier molecular flexibility index (Phi) is 3.72. The summed E-state index contributed by atoms with van der Waals surface area (Å²) in [7, 11) is 0. The molecule has 2 aliphatic rings. The molecule has 0 bridgehead atoms. The third-order valence-corrected chi connectivity index (χ3v) is 6.45. The minimum absolute atomic E-state index is 0.527. The zero-order chi connectivity index (χ0) is 14.2. The Morgan fingerprint density at radius 1 is 1.14 bits per heavy atom. The maximum absolute atomic E-state index is 3.98. The molecule has 2 N–H and O–H groups in total. The van der Waals surface area contributed by atoms with Crippen molar-refractivity contribution < 1.29 is 0 Å². The molecule has 4 rings (SSSR count). The molecule has 1 aromatic carbocycles. The van der Waals surface area contributed by atoms with Crippen LogP contribution in [0.15, 0.2) is 24.3 Å². The molecule has 0 radical (unpaired) electrons. The van der Waals surface area contributed by atoms with Gasteiger partial charge in [-0.25, -0.2) is 0 Å². The van der Waals surface area contributed by atoms with E-state index in [1.54, 1.807) is 5.56 Å². The fraction of sp³-hybridized carbons (Fsp3) is 0.556. The predicted octanol–water partition coefficient (Wildman–Crippen LogP) is 4.42. The molecule has 0 spiro atoms. The van der Waals surface area contributed by atoms with Crippen LogP contribution in [0.3, 0.4) is 0 Å². The summed E-state index contributed by atoms with van der Waals surface area (Å²) in [6, 6.07) is 10.0. The number of aryl methyl sites for hydroxylation is 1. The molecule has 3 atom stereocenters. The highest BCUT2D eigenvalue weighted by molar-refractivity contribution is 7.99. The SMILES string of the molecule is CSC1CCCC1NC1CCCc2c1[nH]c1ccccc21. The van der Waals surface area contributed by atoms with Crippen LogP contribution in [0.4, 0.5) is 0 Å². The van der Waals surface area contributed by atoms with Crippen molar-refractivity contribution in [1.29, 1.82) is 0 Å². The van der Waals surface area contributed by atoms with Crippen molar-refractivity contribution in [3.05, 3.63) is 35.5 Å². The normalized spacial score (nSPS) is 28.9. The molecular formula is C18H24N2S. The Balaban J connectivity index is 1.64. The molecule has 112 valence electrons. The van der Waals surface area contributed by atoms with E-state index < -0.39 is 0 Å². The number of hydrogen-bond acceptors (Lipinski definition) is 2. The molecule has 3 heteroatoms. The number of H-pyrrole nitrogens is 1.